The summed E-state index contributed by atoms with van der Waals surface area (Å²) < 4.78 is 53.4. The van der Waals surface area contributed by atoms with Gasteiger partial charge in [-0.15, -0.1) is 0 Å². The van der Waals surface area contributed by atoms with Gasteiger partial charge in [0.1, 0.15) is 6.61 Å². The normalized spacial score (nSPS) is 19.7. The lowest BCUT2D eigenvalue weighted by Crippen LogP contribution is -2.57. The SMILES string of the molecule is CCN(CC)C(=O)COC(C=O)N1CCC(N2CCN(C(=O)[C@@H](Cc3cc(Cl)c(N)c(C(F)(F)F)c3)OC(=O)N3CCC(N4CCc5ccccc5NC4=O)CC3)CC2)CC1. The van der Waals surface area contributed by atoms with Crippen molar-refractivity contribution in [1.29, 1.82) is 0 Å². The summed E-state index contributed by atoms with van der Waals surface area (Å²) in [5, 5.41) is 2.65. The summed E-state index contributed by atoms with van der Waals surface area (Å²) in [5.74, 6) is -0.711. The van der Waals surface area contributed by atoms with Crippen LogP contribution in [0.3, 0.4) is 0 Å². The number of urea groups is 1. The fraction of sp³-hybridized carbons (Fsp3) is 0.595. The van der Waals surface area contributed by atoms with Crippen molar-refractivity contribution in [2.45, 2.75) is 83.0 Å². The molecule has 2 aromatic rings. The number of likely N-dealkylation sites (N-methyl/N-ethyl adjacent to an activating group) is 1. The Morgan fingerprint density at radius 2 is 1.59 bits per heavy atom. The van der Waals surface area contributed by atoms with Crippen LogP contribution in [0.2, 0.25) is 5.02 Å². The van der Waals surface area contributed by atoms with Crippen LogP contribution >= 0.6 is 11.6 Å². The molecular weight excluding hydrogens is 821 g/mol. The van der Waals surface area contributed by atoms with Crippen molar-refractivity contribution in [2.75, 3.05) is 89.6 Å². The number of nitrogens with one attached hydrogen (secondary N) is 1. The molecule has 2 aromatic carbocycles. The molecule has 3 saturated heterocycles. The van der Waals surface area contributed by atoms with E-state index in [1.54, 1.807) is 14.7 Å². The van der Waals surface area contributed by atoms with Crippen LogP contribution in [0.25, 0.3) is 0 Å². The standard InChI is InChI=1S/C42H56ClF3N8O7/c1-3-49(4-2)36(56)27-60-37(26-55)51-14-10-30(11-15-51)50-19-21-52(22-20-50)39(57)35(25-28-23-32(42(44,45)46)38(47)33(43)24-28)61-41(59)53-16-12-31(13-17-53)54-18-9-29-7-5-6-8-34(29)48-40(54)58/h5-8,23-24,26,30-31,35,37H,3-4,9-22,25,27,47H2,1-2H3,(H,48,58)/t35-,37?/m1/s1. The summed E-state index contributed by atoms with van der Waals surface area (Å²) in [7, 11) is 0. The Hall–Kier alpha value is -4.65. The van der Waals surface area contributed by atoms with Crippen molar-refractivity contribution in [2.24, 2.45) is 0 Å². The smallest absolute Gasteiger partial charge is 0.418 e. The molecule has 0 aromatic heterocycles. The number of rotatable bonds is 13. The molecule has 19 heteroatoms. The van der Waals surface area contributed by atoms with Crippen LogP contribution in [-0.2, 0) is 42.9 Å². The zero-order chi connectivity index (χ0) is 43.8. The molecule has 4 aliphatic rings. The Morgan fingerprint density at radius 3 is 2.23 bits per heavy atom. The molecule has 61 heavy (non-hydrogen) atoms. The van der Waals surface area contributed by atoms with Crippen LogP contribution in [-0.4, -0.2) is 163 Å². The number of carbonyl (C=O) groups is 5. The van der Waals surface area contributed by atoms with Gasteiger partial charge in [-0.3, -0.25) is 24.2 Å². The summed E-state index contributed by atoms with van der Waals surface area (Å²) in [4.78, 5) is 76.0. The van der Waals surface area contributed by atoms with Gasteiger partial charge in [0.2, 0.25) is 5.91 Å². The number of anilines is 2. The Kier molecular flexibility index (Phi) is 15.4. The number of para-hydroxylation sites is 1. The van der Waals surface area contributed by atoms with Crippen LogP contribution in [0.1, 0.15) is 56.2 Å². The highest BCUT2D eigenvalue weighted by molar-refractivity contribution is 6.33. The van der Waals surface area contributed by atoms with E-state index < -0.39 is 41.8 Å². The first-order valence-electron chi connectivity index (χ1n) is 21.1. The molecule has 0 aliphatic carbocycles. The van der Waals surface area contributed by atoms with Crippen LogP contribution in [0.5, 0.6) is 0 Å². The third-order valence-electron chi connectivity index (χ3n) is 12.4. The van der Waals surface area contributed by atoms with Gasteiger partial charge in [0.15, 0.2) is 18.6 Å². The van der Waals surface area contributed by atoms with Crippen molar-refractivity contribution in [1.82, 2.24) is 29.4 Å². The number of carbonyl (C=O) groups excluding carboxylic acids is 5. The number of halogens is 4. The van der Waals surface area contributed by atoms with Gasteiger partial charge in [0.25, 0.3) is 5.91 Å². The first kappa shape index (κ1) is 45.9. The number of likely N-dealkylation sites (tertiary alicyclic amines) is 2. The van der Waals surface area contributed by atoms with E-state index >= 15 is 0 Å². The van der Waals surface area contributed by atoms with Crippen molar-refractivity contribution < 1.29 is 46.6 Å². The Balaban J connectivity index is 1.06. The number of ether oxygens (including phenoxy) is 2. The molecule has 4 aliphatic heterocycles. The van der Waals surface area contributed by atoms with Crippen molar-refractivity contribution >= 4 is 53.2 Å². The average molecular weight is 877 g/mol. The number of aldehydes is 1. The number of hydrogen-bond donors (Lipinski definition) is 2. The molecule has 4 heterocycles. The number of hydrogen-bond acceptors (Lipinski definition) is 10. The highest BCUT2D eigenvalue weighted by Crippen LogP contribution is 2.38. The predicted molar refractivity (Wildman–Crippen MR) is 222 cm³/mol. The van der Waals surface area contributed by atoms with E-state index in [2.05, 4.69) is 10.2 Å². The lowest BCUT2D eigenvalue weighted by atomic mass is 10.0. The second-order valence-corrected chi connectivity index (χ2v) is 16.3. The average Bonchev–Trinajstić information content (AvgIpc) is 3.42. The van der Waals surface area contributed by atoms with Crippen LogP contribution in [0.4, 0.5) is 34.1 Å². The summed E-state index contributed by atoms with van der Waals surface area (Å²) in [6, 6.07) is 9.55. The number of alkyl halides is 3. The maximum Gasteiger partial charge on any atom is 0.418 e. The zero-order valence-corrected chi connectivity index (χ0v) is 35.5. The van der Waals surface area contributed by atoms with Gasteiger partial charge in [0, 0.05) is 96.2 Å². The van der Waals surface area contributed by atoms with Gasteiger partial charge >= 0.3 is 18.3 Å². The van der Waals surface area contributed by atoms with E-state index in [1.165, 1.54) is 11.0 Å². The molecule has 15 nitrogen and oxygen atoms in total. The van der Waals surface area contributed by atoms with Crippen LogP contribution < -0.4 is 11.1 Å². The highest BCUT2D eigenvalue weighted by atomic mass is 35.5. The number of piperazine rings is 1. The number of fused-ring (bicyclic) bond motifs is 1. The van der Waals surface area contributed by atoms with Gasteiger partial charge < -0.3 is 40.1 Å². The Bertz CT molecular complexity index is 1880. The number of nitrogens with two attached hydrogens (primary N) is 1. The van der Waals surface area contributed by atoms with Crippen molar-refractivity contribution in [3.8, 4) is 0 Å². The summed E-state index contributed by atoms with van der Waals surface area (Å²) in [5.41, 5.74) is 5.75. The molecular formula is C42H56ClF3N8O7. The second kappa shape index (κ2) is 20.5. The molecule has 0 bridgehead atoms. The molecule has 2 atom stereocenters. The third-order valence-corrected chi connectivity index (χ3v) is 12.7. The minimum absolute atomic E-state index is 0.0324. The van der Waals surface area contributed by atoms with E-state index in [4.69, 9.17) is 26.8 Å². The Labute approximate surface area is 359 Å². The number of piperidine rings is 2. The molecule has 1 unspecified atom stereocenters. The van der Waals surface area contributed by atoms with E-state index in [0.717, 1.165) is 30.2 Å². The van der Waals surface area contributed by atoms with Crippen LogP contribution in [0, 0.1) is 0 Å². The first-order valence-corrected chi connectivity index (χ1v) is 21.5. The van der Waals surface area contributed by atoms with Crippen molar-refractivity contribution in [3.63, 3.8) is 0 Å². The highest BCUT2D eigenvalue weighted by Gasteiger charge is 2.39. The lowest BCUT2D eigenvalue weighted by Gasteiger charge is -2.44. The number of nitrogens with zero attached hydrogens (tertiary/aromatic N) is 6. The summed E-state index contributed by atoms with van der Waals surface area (Å²) in [6.07, 6.45) is -4.43. The van der Waals surface area contributed by atoms with Gasteiger partial charge in [-0.2, -0.15) is 13.2 Å². The van der Waals surface area contributed by atoms with Gasteiger partial charge in [-0.05, 0) is 75.3 Å². The fourth-order valence-corrected chi connectivity index (χ4v) is 9.03. The zero-order valence-electron chi connectivity index (χ0n) is 34.7. The summed E-state index contributed by atoms with van der Waals surface area (Å²) in [6.45, 7) is 8.47. The van der Waals surface area contributed by atoms with E-state index in [-0.39, 0.29) is 60.7 Å². The van der Waals surface area contributed by atoms with Crippen LogP contribution in [0.15, 0.2) is 36.4 Å². The predicted octanol–water partition coefficient (Wildman–Crippen LogP) is 4.56. The molecule has 5 amide bonds. The van der Waals surface area contributed by atoms with Crippen molar-refractivity contribution in [3.05, 3.63) is 58.1 Å². The van der Waals surface area contributed by atoms with Gasteiger partial charge in [-0.25, -0.2) is 9.59 Å². The molecule has 0 saturated carbocycles. The monoisotopic (exact) mass is 876 g/mol. The van der Waals surface area contributed by atoms with Gasteiger partial charge in [-0.1, -0.05) is 29.8 Å². The maximum absolute atomic E-state index is 14.2. The number of amides is 5. The van der Waals surface area contributed by atoms with Gasteiger partial charge in [0.05, 0.1) is 16.3 Å². The third kappa shape index (κ3) is 11.2. The Morgan fingerprint density at radius 1 is 0.934 bits per heavy atom. The summed E-state index contributed by atoms with van der Waals surface area (Å²) >= 11 is 6.15. The largest absolute Gasteiger partial charge is 0.436 e. The molecule has 6 rings (SSSR count). The molecule has 0 spiro atoms. The van der Waals surface area contributed by atoms with E-state index in [1.807, 2.05) is 43.0 Å². The number of benzene rings is 2. The lowest BCUT2D eigenvalue weighted by molar-refractivity contribution is -0.149. The fourth-order valence-electron chi connectivity index (χ4n) is 8.79. The van der Waals surface area contributed by atoms with E-state index in [0.29, 0.717) is 84.5 Å². The second-order valence-electron chi connectivity index (χ2n) is 15.9. The molecule has 334 valence electrons. The number of nitrogen functional groups attached to an aromatic ring is 1. The first-order chi connectivity index (χ1) is 29.2. The minimum Gasteiger partial charge on any atom is -0.436 e. The van der Waals surface area contributed by atoms with E-state index in [9.17, 15) is 37.1 Å². The molecule has 3 fully saturated rings. The maximum atomic E-state index is 14.2. The topological polar surface area (TPSA) is 161 Å². The minimum atomic E-state index is -4.81. The molecule has 0 radical (unpaired) electrons. The quantitative estimate of drug-likeness (QED) is 0.216. The molecule has 3 N–H and O–H groups in total.